The number of hydrogen-bond acceptors (Lipinski definition) is 7. The quantitative estimate of drug-likeness (QED) is 0.142. The molecule has 9 heteroatoms. The average molecular weight is 645 g/mol. The minimum Gasteiger partial charge on any atom is -0.481 e. The molecule has 1 amide bonds. The number of nitrogens with zero attached hydrogens (tertiary/aromatic N) is 1. The van der Waals surface area contributed by atoms with E-state index in [0.717, 1.165) is 78.6 Å². The molecule has 47 heavy (non-hydrogen) atoms. The number of carboxylic acids is 1. The number of rotatable bonds is 16. The van der Waals surface area contributed by atoms with Crippen molar-refractivity contribution in [2.24, 2.45) is 0 Å². The lowest BCUT2D eigenvalue weighted by molar-refractivity contribution is -0.253. The summed E-state index contributed by atoms with van der Waals surface area (Å²) in [6.45, 7) is 2.26. The summed E-state index contributed by atoms with van der Waals surface area (Å²) in [6, 6.07) is 24.4. The van der Waals surface area contributed by atoms with Gasteiger partial charge in [0.05, 0.1) is 25.4 Å². The minimum atomic E-state index is -0.776. The predicted molar refractivity (Wildman–Crippen MR) is 179 cm³/mol. The number of unbranched alkanes of at least 4 members (excludes halogenated alkanes) is 3. The van der Waals surface area contributed by atoms with Crippen LogP contribution in [-0.4, -0.2) is 63.9 Å². The van der Waals surface area contributed by atoms with Gasteiger partial charge in [0, 0.05) is 44.0 Å². The molecule has 3 aromatic carbocycles. The van der Waals surface area contributed by atoms with E-state index in [1.165, 1.54) is 0 Å². The van der Waals surface area contributed by atoms with Crippen LogP contribution in [-0.2, 0) is 32.2 Å². The number of aliphatic hydroxyl groups excluding tert-OH is 2. The van der Waals surface area contributed by atoms with Gasteiger partial charge in [0.1, 0.15) is 0 Å². The van der Waals surface area contributed by atoms with Crippen molar-refractivity contribution in [2.75, 3.05) is 19.7 Å². The largest absolute Gasteiger partial charge is 0.481 e. The zero-order valence-electron chi connectivity index (χ0n) is 27.1. The van der Waals surface area contributed by atoms with Crippen LogP contribution >= 0.6 is 0 Å². The summed E-state index contributed by atoms with van der Waals surface area (Å²) in [6.07, 6.45) is 5.61. The molecule has 9 nitrogen and oxygen atoms in total. The molecule has 3 aromatic rings. The van der Waals surface area contributed by atoms with Crippen LogP contribution in [0.1, 0.15) is 92.4 Å². The summed E-state index contributed by atoms with van der Waals surface area (Å²) >= 11 is 0. The van der Waals surface area contributed by atoms with Gasteiger partial charge >= 0.3 is 5.97 Å². The number of carboxylic acid groups (broad SMARTS) is 1. The summed E-state index contributed by atoms with van der Waals surface area (Å²) in [4.78, 5) is 25.4. The molecule has 2 saturated heterocycles. The van der Waals surface area contributed by atoms with Gasteiger partial charge in [0.25, 0.3) is 0 Å². The molecule has 4 unspecified atom stereocenters. The molecule has 2 fully saturated rings. The van der Waals surface area contributed by atoms with Crippen molar-refractivity contribution in [2.45, 2.75) is 95.5 Å². The van der Waals surface area contributed by atoms with Crippen molar-refractivity contribution < 1.29 is 34.4 Å². The molecule has 2 aliphatic heterocycles. The Morgan fingerprint density at radius 3 is 2.32 bits per heavy atom. The third-order valence-corrected chi connectivity index (χ3v) is 9.22. The second kappa shape index (κ2) is 17.5. The minimum absolute atomic E-state index is 0.00317. The highest BCUT2D eigenvalue weighted by Gasteiger charge is 2.35. The molecule has 0 radical (unpaired) electrons. The summed E-state index contributed by atoms with van der Waals surface area (Å²) < 4.78 is 13.2. The normalized spacial score (nSPS) is 21.5. The van der Waals surface area contributed by atoms with Gasteiger partial charge in [-0.1, -0.05) is 73.5 Å². The standard InChI is InChI=1S/C38H48N2O7/c41-25-27-15-17-29(18-16-27)35-22-34(24-40-19-7-12-33(40)26-42)46-38(47-35)32-11-6-10-31(21-32)30-9-5-8-28(20-30)23-39-36(43)13-3-1-2-4-14-37(44)45/h5-6,8-11,15-18,20-21,33-35,38,41-42H,1-4,7,12-14,19,22-26H2,(H,39,43)(H,44,45). The Balaban J connectivity index is 1.24. The SMILES string of the molecule is O=C(O)CCCCCCC(=O)NCc1cccc(-c2cccc(C3OC(CN4CCCC4CO)CC(c4ccc(CO)cc4)O3)c2)c1. The van der Waals surface area contributed by atoms with Gasteiger partial charge in [-0.2, -0.15) is 0 Å². The van der Waals surface area contributed by atoms with Gasteiger partial charge in [0.15, 0.2) is 6.29 Å². The Morgan fingerprint density at radius 2 is 1.57 bits per heavy atom. The van der Waals surface area contributed by atoms with Crippen LogP contribution in [0, 0.1) is 0 Å². The summed E-state index contributed by atoms with van der Waals surface area (Å²) in [5.74, 6) is -0.779. The van der Waals surface area contributed by atoms with Crippen molar-refractivity contribution in [3.8, 4) is 11.1 Å². The maximum atomic E-state index is 12.4. The summed E-state index contributed by atoms with van der Waals surface area (Å²) in [5.41, 5.74) is 5.88. The number of hydrogen-bond donors (Lipinski definition) is 4. The van der Waals surface area contributed by atoms with Crippen LogP contribution < -0.4 is 5.32 Å². The number of likely N-dealkylation sites (tertiary alicyclic amines) is 1. The van der Waals surface area contributed by atoms with Crippen LogP contribution in [0.5, 0.6) is 0 Å². The van der Waals surface area contributed by atoms with Crippen molar-refractivity contribution >= 4 is 11.9 Å². The first-order chi connectivity index (χ1) is 22.9. The van der Waals surface area contributed by atoms with Crippen LogP contribution in [0.3, 0.4) is 0 Å². The second-order valence-corrected chi connectivity index (χ2v) is 12.7. The highest BCUT2D eigenvalue weighted by Crippen LogP contribution is 2.39. The molecule has 2 heterocycles. The van der Waals surface area contributed by atoms with Gasteiger partial charge in [-0.25, -0.2) is 0 Å². The molecular formula is C38H48N2O7. The number of ether oxygens (including phenoxy) is 2. The molecule has 252 valence electrons. The highest BCUT2D eigenvalue weighted by atomic mass is 16.7. The predicted octanol–water partition coefficient (Wildman–Crippen LogP) is 5.89. The van der Waals surface area contributed by atoms with Gasteiger partial charge in [-0.15, -0.1) is 0 Å². The van der Waals surface area contributed by atoms with E-state index in [0.29, 0.717) is 25.8 Å². The Bertz CT molecular complexity index is 1450. The Hall–Kier alpha value is -3.60. The van der Waals surface area contributed by atoms with E-state index < -0.39 is 12.3 Å². The van der Waals surface area contributed by atoms with Crippen molar-refractivity contribution in [3.05, 3.63) is 95.1 Å². The number of benzene rings is 3. The van der Waals surface area contributed by atoms with Gasteiger partial charge in [0.2, 0.25) is 5.91 Å². The molecule has 2 aliphatic rings. The van der Waals surface area contributed by atoms with Crippen molar-refractivity contribution in [1.82, 2.24) is 10.2 Å². The summed E-state index contributed by atoms with van der Waals surface area (Å²) in [5, 5.41) is 31.2. The smallest absolute Gasteiger partial charge is 0.303 e. The zero-order valence-corrected chi connectivity index (χ0v) is 27.1. The first-order valence-electron chi connectivity index (χ1n) is 16.9. The fourth-order valence-electron chi connectivity index (χ4n) is 6.57. The lowest BCUT2D eigenvalue weighted by Gasteiger charge is -2.38. The lowest BCUT2D eigenvalue weighted by Crippen LogP contribution is -2.42. The average Bonchev–Trinajstić information content (AvgIpc) is 3.55. The highest BCUT2D eigenvalue weighted by molar-refractivity contribution is 5.76. The maximum absolute atomic E-state index is 12.4. The van der Waals surface area contributed by atoms with E-state index in [1.54, 1.807) is 0 Å². The molecule has 4 atom stereocenters. The number of aliphatic hydroxyl groups is 2. The number of amides is 1. The lowest BCUT2D eigenvalue weighted by atomic mass is 9.98. The van der Waals surface area contributed by atoms with E-state index >= 15 is 0 Å². The number of aliphatic carboxylic acids is 1. The molecule has 0 aromatic heterocycles. The maximum Gasteiger partial charge on any atom is 0.303 e. The van der Waals surface area contributed by atoms with Crippen molar-refractivity contribution in [1.29, 1.82) is 0 Å². The molecule has 0 aliphatic carbocycles. The third kappa shape index (κ3) is 10.2. The summed E-state index contributed by atoms with van der Waals surface area (Å²) in [7, 11) is 0. The van der Waals surface area contributed by atoms with Crippen LogP contribution in [0.25, 0.3) is 11.1 Å². The second-order valence-electron chi connectivity index (χ2n) is 12.7. The number of carbonyl (C=O) groups is 2. The van der Waals surface area contributed by atoms with E-state index in [1.807, 2.05) is 48.5 Å². The monoisotopic (exact) mass is 644 g/mol. The first kappa shape index (κ1) is 34.7. The van der Waals surface area contributed by atoms with Gasteiger partial charge < -0.3 is 30.1 Å². The molecule has 0 spiro atoms. The van der Waals surface area contributed by atoms with Crippen LogP contribution in [0.15, 0.2) is 72.8 Å². The Morgan fingerprint density at radius 1 is 0.830 bits per heavy atom. The van der Waals surface area contributed by atoms with E-state index in [2.05, 4.69) is 34.5 Å². The Kier molecular flexibility index (Phi) is 12.9. The number of nitrogens with one attached hydrogen (secondary N) is 1. The topological polar surface area (TPSA) is 129 Å². The molecule has 0 bridgehead atoms. The molecule has 5 rings (SSSR count). The Labute approximate surface area is 277 Å². The van der Waals surface area contributed by atoms with Gasteiger partial charge in [-0.05, 0) is 72.2 Å². The van der Waals surface area contributed by atoms with E-state index in [4.69, 9.17) is 14.6 Å². The fraction of sp³-hybridized carbons (Fsp3) is 0.474. The third-order valence-electron chi connectivity index (χ3n) is 9.22. The van der Waals surface area contributed by atoms with Crippen LogP contribution in [0.2, 0.25) is 0 Å². The molecular weight excluding hydrogens is 596 g/mol. The fourth-order valence-corrected chi connectivity index (χ4v) is 6.57. The zero-order chi connectivity index (χ0) is 33.0. The molecule has 4 N–H and O–H groups in total. The number of carbonyl (C=O) groups excluding carboxylic acids is 1. The first-order valence-corrected chi connectivity index (χ1v) is 16.9. The molecule has 0 saturated carbocycles. The van der Waals surface area contributed by atoms with Crippen molar-refractivity contribution in [3.63, 3.8) is 0 Å². The van der Waals surface area contributed by atoms with Gasteiger partial charge in [-0.3, -0.25) is 14.5 Å². The van der Waals surface area contributed by atoms with Crippen LogP contribution in [0.4, 0.5) is 0 Å². The van der Waals surface area contributed by atoms with E-state index in [-0.39, 0.29) is 43.8 Å². The van der Waals surface area contributed by atoms with E-state index in [9.17, 15) is 19.8 Å².